The maximum Gasteiger partial charge on any atom is 0.270 e. The zero-order valence-corrected chi connectivity index (χ0v) is 14.9. The number of amides is 1. The van der Waals surface area contributed by atoms with Crippen LogP contribution in [0.25, 0.3) is 0 Å². The fourth-order valence-corrected chi connectivity index (χ4v) is 3.82. The average molecular weight is 345 g/mol. The standard InChI is InChI=1S/C18H23N3O2S/c1-13(17-6-5-9-24-17)20(2)12-16(22)14-10-15(19-11-14)18(23)21-7-3-4-8-21/h5-6,9-11,13,19H,3-4,7-8,12H2,1-2H3/t13-/m1/s1. The topological polar surface area (TPSA) is 56.4 Å². The molecule has 0 radical (unpaired) electrons. The third-order valence-corrected chi connectivity index (χ3v) is 5.68. The zero-order chi connectivity index (χ0) is 17.1. The summed E-state index contributed by atoms with van der Waals surface area (Å²) in [6, 6.07) is 5.99. The zero-order valence-electron chi connectivity index (χ0n) is 14.1. The molecule has 1 amide bonds. The first-order chi connectivity index (χ1) is 11.6. The van der Waals surface area contributed by atoms with Gasteiger partial charge in [-0.25, -0.2) is 0 Å². The van der Waals surface area contributed by atoms with Gasteiger partial charge in [0.1, 0.15) is 5.69 Å². The van der Waals surface area contributed by atoms with Crippen LogP contribution in [0.3, 0.4) is 0 Å². The summed E-state index contributed by atoms with van der Waals surface area (Å²) in [5.41, 5.74) is 1.08. The second-order valence-electron chi connectivity index (χ2n) is 6.33. The number of aromatic nitrogens is 1. The Labute approximate surface area is 146 Å². The van der Waals surface area contributed by atoms with Gasteiger partial charge in [0.2, 0.25) is 0 Å². The molecule has 128 valence electrons. The van der Waals surface area contributed by atoms with Crippen molar-refractivity contribution in [2.45, 2.75) is 25.8 Å². The summed E-state index contributed by atoms with van der Waals surface area (Å²) in [6.45, 7) is 4.04. The van der Waals surface area contributed by atoms with Crippen LogP contribution in [0, 0.1) is 0 Å². The molecule has 0 aliphatic carbocycles. The third kappa shape index (κ3) is 3.60. The van der Waals surface area contributed by atoms with E-state index in [1.54, 1.807) is 23.6 Å². The smallest absolute Gasteiger partial charge is 0.270 e. The van der Waals surface area contributed by atoms with Crippen molar-refractivity contribution in [1.82, 2.24) is 14.8 Å². The van der Waals surface area contributed by atoms with Crippen molar-refractivity contribution in [2.24, 2.45) is 0 Å². The molecule has 0 spiro atoms. The van der Waals surface area contributed by atoms with E-state index in [9.17, 15) is 9.59 Å². The molecule has 24 heavy (non-hydrogen) atoms. The SMILES string of the molecule is C[C@H](c1cccs1)N(C)CC(=O)c1c[nH]c(C(=O)N2CCCC2)c1. The monoisotopic (exact) mass is 345 g/mol. The summed E-state index contributed by atoms with van der Waals surface area (Å²) < 4.78 is 0. The number of likely N-dealkylation sites (tertiary alicyclic amines) is 1. The second kappa shape index (κ2) is 7.32. The second-order valence-corrected chi connectivity index (χ2v) is 7.31. The highest BCUT2D eigenvalue weighted by Crippen LogP contribution is 2.23. The van der Waals surface area contributed by atoms with Gasteiger partial charge in [0.25, 0.3) is 5.91 Å². The molecule has 1 aliphatic rings. The minimum Gasteiger partial charge on any atom is -0.356 e. The van der Waals surface area contributed by atoms with Gasteiger partial charge in [0, 0.05) is 35.8 Å². The third-order valence-electron chi connectivity index (χ3n) is 4.64. The van der Waals surface area contributed by atoms with Gasteiger partial charge in [-0.15, -0.1) is 11.3 Å². The lowest BCUT2D eigenvalue weighted by molar-refractivity contribution is 0.0787. The van der Waals surface area contributed by atoms with Gasteiger partial charge >= 0.3 is 0 Å². The van der Waals surface area contributed by atoms with Crippen LogP contribution in [0.2, 0.25) is 0 Å². The summed E-state index contributed by atoms with van der Waals surface area (Å²) >= 11 is 1.70. The minimum atomic E-state index is -0.00754. The molecular formula is C18H23N3O2S. The Hall–Kier alpha value is -1.92. The van der Waals surface area contributed by atoms with Crippen molar-refractivity contribution in [3.8, 4) is 0 Å². The Kier molecular flexibility index (Phi) is 5.16. The number of aromatic amines is 1. The molecule has 0 bridgehead atoms. The quantitative estimate of drug-likeness (QED) is 0.818. The highest BCUT2D eigenvalue weighted by atomic mass is 32.1. The maximum absolute atomic E-state index is 12.5. The Bertz CT molecular complexity index is 702. The molecule has 1 fully saturated rings. The predicted octanol–water partition coefficient (Wildman–Crippen LogP) is 3.19. The van der Waals surface area contributed by atoms with E-state index in [-0.39, 0.29) is 17.7 Å². The van der Waals surface area contributed by atoms with E-state index in [1.807, 2.05) is 28.3 Å². The molecule has 1 N–H and O–H groups in total. The van der Waals surface area contributed by atoms with Crippen molar-refractivity contribution < 1.29 is 9.59 Å². The van der Waals surface area contributed by atoms with Crippen molar-refractivity contribution in [2.75, 3.05) is 26.7 Å². The lowest BCUT2D eigenvalue weighted by Crippen LogP contribution is -2.28. The lowest BCUT2D eigenvalue weighted by atomic mass is 10.1. The molecule has 1 saturated heterocycles. The first-order valence-corrected chi connectivity index (χ1v) is 9.19. The van der Waals surface area contributed by atoms with Crippen molar-refractivity contribution in [3.05, 3.63) is 45.9 Å². The van der Waals surface area contributed by atoms with Gasteiger partial charge < -0.3 is 9.88 Å². The minimum absolute atomic E-state index is 0.00754. The van der Waals surface area contributed by atoms with Crippen LogP contribution in [0.1, 0.15) is 51.5 Å². The lowest BCUT2D eigenvalue weighted by Gasteiger charge is -2.22. The molecule has 1 atom stereocenters. The van der Waals surface area contributed by atoms with Crippen LogP contribution in [0.4, 0.5) is 0 Å². The van der Waals surface area contributed by atoms with E-state index in [0.29, 0.717) is 17.8 Å². The molecule has 6 heteroatoms. The average Bonchev–Trinajstić information content (AvgIpc) is 3.35. The Morgan fingerprint density at radius 3 is 2.79 bits per heavy atom. The largest absolute Gasteiger partial charge is 0.356 e. The summed E-state index contributed by atoms with van der Waals surface area (Å²) in [5.74, 6) is 0.0180. The number of Topliss-reactive ketones (excluding diaryl/α,β-unsaturated/α-hetero) is 1. The molecule has 0 saturated carbocycles. The highest BCUT2D eigenvalue weighted by Gasteiger charge is 2.22. The first kappa shape index (κ1) is 16.9. The number of carbonyl (C=O) groups is 2. The summed E-state index contributed by atoms with van der Waals surface area (Å²) in [4.78, 5) is 32.9. The summed E-state index contributed by atoms with van der Waals surface area (Å²) in [5, 5.41) is 2.05. The fourth-order valence-electron chi connectivity index (χ4n) is 2.97. The Morgan fingerprint density at radius 1 is 1.38 bits per heavy atom. The van der Waals surface area contributed by atoms with E-state index >= 15 is 0 Å². The summed E-state index contributed by atoms with van der Waals surface area (Å²) in [6.07, 6.45) is 3.77. The molecule has 2 aromatic heterocycles. The number of carbonyl (C=O) groups excluding carboxylic acids is 2. The van der Waals surface area contributed by atoms with E-state index in [2.05, 4.69) is 18.0 Å². The molecule has 5 nitrogen and oxygen atoms in total. The van der Waals surface area contributed by atoms with E-state index in [0.717, 1.165) is 25.9 Å². The van der Waals surface area contributed by atoms with Crippen LogP contribution in [-0.2, 0) is 0 Å². The van der Waals surface area contributed by atoms with Crippen molar-refractivity contribution >= 4 is 23.0 Å². The number of hydrogen-bond acceptors (Lipinski definition) is 4. The van der Waals surface area contributed by atoms with Gasteiger partial charge in [-0.3, -0.25) is 14.5 Å². The molecular weight excluding hydrogens is 322 g/mol. The van der Waals surface area contributed by atoms with E-state index in [1.165, 1.54) is 4.88 Å². The van der Waals surface area contributed by atoms with Gasteiger partial charge in [-0.2, -0.15) is 0 Å². The first-order valence-electron chi connectivity index (χ1n) is 8.31. The number of H-pyrrole nitrogens is 1. The normalized spacial score (nSPS) is 15.9. The molecule has 0 unspecified atom stereocenters. The van der Waals surface area contributed by atoms with Gasteiger partial charge in [0.05, 0.1) is 6.54 Å². The van der Waals surface area contributed by atoms with Crippen LogP contribution in [0.15, 0.2) is 29.8 Å². The molecule has 1 aliphatic heterocycles. The number of nitrogens with zero attached hydrogens (tertiary/aromatic N) is 2. The number of nitrogens with one attached hydrogen (secondary N) is 1. The Balaban J connectivity index is 1.62. The maximum atomic E-state index is 12.5. The van der Waals surface area contributed by atoms with Crippen molar-refractivity contribution in [3.63, 3.8) is 0 Å². The Morgan fingerprint density at radius 2 is 2.12 bits per heavy atom. The number of hydrogen-bond donors (Lipinski definition) is 1. The summed E-state index contributed by atoms with van der Waals surface area (Å²) in [7, 11) is 1.95. The molecule has 3 heterocycles. The van der Waals surface area contributed by atoms with Crippen LogP contribution < -0.4 is 0 Å². The number of thiophene rings is 1. The van der Waals surface area contributed by atoms with Crippen molar-refractivity contribution in [1.29, 1.82) is 0 Å². The van der Waals surface area contributed by atoms with Gasteiger partial charge in [-0.05, 0) is 44.3 Å². The predicted molar refractivity (Wildman–Crippen MR) is 95.6 cm³/mol. The van der Waals surface area contributed by atoms with E-state index in [4.69, 9.17) is 0 Å². The number of likely N-dealkylation sites (N-methyl/N-ethyl adjacent to an activating group) is 1. The highest BCUT2D eigenvalue weighted by molar-refractivity contribution is 7.10. The van der Waals surface area contributed by atoms with Crippen LogP contribution in [0.5, 0.6) is 0 Å². The van der Waals surface area contributed by atoms with Gasteiger partial charge in [0.15, 0.2) is 5.78 Å². The number of rotatable bonds is 6. The molecule has 0 aromatic carbocycles. The van der Waals surface area contributed by atoms with Gasteiger partial charge in [-0.1, -0.05) is 6.07 Å². The fraction of sp³-hybridized carbons (Fsp3) is 0.444. The molecule has 2 aromatic rings. The number of ketones is 1. The van der Waals surface area contributed by atoms with E-state index < -0.39 is 0 Å². The molecule has 3 rings (SSSR count). The van der Waals surface area contributed by atoms with Crippen LogP contribution >= 0.6 is 11.3 Å². The van der Waals surface area contributed by atoms with Crippen LogP contribution in [-0.4, -0.2) is 53.2 Å².